The number of hydrogen-bond donors (Lipinski definition) is 2. The number of aliphatic imine (C=N–C) groups is 1. The van der Waals surface area contributed by atoms with Crippen LogP contribution in [0.15, 0.2) is 29.3 Å². The molecule has 2 aliphatic rings. The minimum Gasteiger partial charge on any atom is -0.381 e. The molecule has 2 heterocycles. The smallest absolute Gasteiger partial charge is 0.226 e. The van der Waals surface area contributed by atoms with Gasteiger partial charge in [0.25, 0.3) is 0 Å². The molecule has 2 fully saturated rings. The Morgan fingerprint density at radius 1 is 1.30 bits per heavy atom. The van der Waals surface area contributed by atoms with E-state index in [2.05, 4.69) is 20.5 Å². The molecule has 27 heavy (non-hydrogen) atoms. The predicted octanol–water partition coefficient (Wildman–Crippen LogP) is 3.09. The van der Waals surface area contributed by atoms with Crippen LogP contribution in [-0.2, 0) is 16.1 Å². The maximum atomic E-state index is 11.8. The minimum absolute atomic E-state index is 0. The second-order valence-electron chi connectivity index (χ2n) is 7.72. The van der Waals surface area contributed by atoms with Crippen molar-refractivity contribution >= 4 is 41.5 Å². The molecule has 1 spiro atoms. The Hall–Kier alpha value is -1.35. The normalized spacial score (nSPS) is 22.2. The van der Waals surface area contributed by atoms with Gasteiger partial charge in [-0.15, -0.1) is 24.0 Å². The van der Waals surface area contributed by atoms with E-state index in [1.807, 2.05) is 45.2 Å². The lowest BCUT2D eigenvalue weighted by atomic mass is 9.87. The summed E-state index contributed by atoms with van der Waals surface area (Å²) in [6.45, 7) is 8.31. The summed E-state index contributed by atoms with van der Waals surface area (Å²) < 4.78 is 5.61. The summed E-state index contributed by atoms with van der Waals surface area (Å²) in [4.78, 5) is 18.5. The molecule has 1 atom stereocenters. The first kappa shape index (κ1) is 21.9. The van der Waals surface area contributed by atoms with Crippen LogP contribution in [0.1, 0.15) is 32.3 Å². The molecular weight excluding hydrogens is 455 g/mol. The predicted molar refractivity (Wildman–Crippen MR) is 120 cm³/mol. The number of carbonyl (C=O) groups excluding carboxylic acids is 1. The van der Waals surface area contributed by atoms with Crippen LogP contribution in [-0.4, -0.2) is 50.1 Å². The SMILES string of the molecule is CN=C(NCc1ccc(NC(=O)C(C)C)cc1)N1CCC2(CCOC2)C1.I. The molecule has 1 aromatic rings. The maximum Gasteiger partial charge on any atom is 0.226 e. The maximum absolute atomic E-state index is 11.8. The zero-order valence-electron chi connectivity index (χ0n) is 16.5. The quantitative estimate of drug-likeness (QED) is 0.390. The lowest BCUT2D eigenvalue weighted by molar-refractivity contribution is -0.118. The van der Waals surface area contributed by atoms with E-state index >= 15 is 0 Å². The zero-order chi connectivity index (χ0) is 18.6. The molecule has 7 heteroatoms. The molecule has 0 aliphatic carbocycles. The van der Waals surface area contributed by atoms with Gasteiger partial charge >= 0.3 is 0 Å². The van der Waals surface area contributed by atoms with Gasteiger partial charge in [-0.2, -0.15) is 0 Å². The number of carbonyl (C=O) groups is 1. The fourth-order valence-electron chi connectivity index (χ4n) is 3.59. The molecule has 6 nitrogen and oxygen atoms in total. The van der Waals surface area contributed by atoms with E-state index in [1.54, 1.807) is 0 Å². The summed E-state index contributed by atoms with van der Waals surface area (Å²) in [6.07, 6.45) is 2.34. The number of likely N-dealkylation sites (tertiary alicyclic amines) is 1. The average Bonchev–Trinajstić information content (AvgIpc) is 3.27. The number of guanidine groups is 1. The average molecular weight is 486 g/mol. The second kappa shape index (κ2) is 9.73. The van der Waals surface area contributed by atoms with Crippen LogP contribution in [0.5, 0.6) is 0 Å². The Morgan fingerprint density at radius 3 is 2.63 bits per heavy atom. The topological polar surface area (TPSA) is 66.0 Å². The summed E-state index contributed by atoms with van der Waals surface area (Å²) in [5, 5.41) is 6.37. The zero-order valence-corrected chi connectivity index (χ0v) is 18.8. The van der Waals surface area contributed by atoms with Crippen molar-refractivity contribution in [1.29, 1.82) is 0 Å². The van der Waals surface area contributed by atoms with Crippen molar-refractivity contribution in [2.45, 2.75) is 33.2 Å². The third-order valence-electron chi connectivity index (χ3n) is 5.33. The Kier molecular flexibility index (Phi) is 7.91. The van der Waals surface area contributed by atoms with Crippen LogP contribution in [0.2, 0.25) is 0 Å². The van der Waals surface area contributed by atoms with E-state index < -0.39 is 0 Å². The largest absolute Gasteiger partial charge is 0.381 e. The van der Waals surface area contributed by atoms with Gasteiger partial charge in [-0.25, -0.2) is 0 Å². The van der Waals surface area contributed by atoms with E-state index in [9.17, 15) is 4.79 Å². The van der Waals surface area contributed by atoms with E-state index in [1.165, 1.54) is 6.42 Å². The van der Waals surface area contributed by atoms with Crippen molar-refractivity contribution in [2.75, 3.05) is 38.7 Å². The van der Waals surface area contributed by atoms with Crippen molar-refractivity contribution in [3.63, 3.8) is 0 Å². The van der Waals surface area contributed by atoms with Crippen LogP contribution in [0.3, 0.4) is 0 Å². The summed E-state index contributed by atoms with van der Waals surface area (Å²) in [7, 11) is 1.84. The van der Waals surface area contributed by atoms with Crippen LogP contribution >= 0.6 is 24.0 Å². The van der Waals surface area contributed by atoms with Gasteiger partial charge in [0.05, 0.1) is 6.61 Å². The number of halogens is 1. The Balaban J connectivity index is 0.00000261. The first-order valence-electron chi connectivity index (χ1n) is 9.44. The molecule has 1 unspecified atom stereocenters. The lowest BCUT2D eigenvalue weighted by Crippen LogP contribution is -2.41. The number of ether oxygens (including phenoxy) is 1. The van der Waals surface area contributed by atoms with Crippen molar-refractivity contribution in [3.8, 4) is 0 Å². The fraction of sp³-hybridized carbons (Fsp3) is 0.600. The lowest BCUT2D eigenvalue weighted by Gasteiger charge is -2.25. The van der Waals surface area contributed by atoms with Gasteiger partial charge in [0, 0.05) is 50.3 Å². The highest BCUT2D eigenvalue weighted by Gasteiger charge is 2.42. The molecule has 0 radical (unpaired) electrons. The second-order valence-corrected chi connectivity index (χ2v) is 7.72. The molecule has 2 aliphatic heterocycles. The molecule has 150 valence electrons. The van der Waals surface area contributed by atoms with E-state index in [0.717, 1.165) is 49.9 Å². The molecular formula is C20H31IN4O2. The van der Waals surface area contributed by atoms with Crippen molar-refractivity contribution in [3.05, 3.63) is 29.8 Å². The Bertz CT molecular complexity index is 654. The third kappa shape index (κ3) is 5.57. The molecule has 1 aromatic carbocycles. The first-order valence-corrected chi connectivity index (χ1v) is 9.44. The van der Waals surface area contributed by atoms with Gasteiger partial charge in [0.1, 0.15) is 0 Å². The number of hydrogen-bond acceptors (Lipinski definition) is 3. The molecule has 2 saturated heterocycles. The van der Waals surface area contributed by atoms with Crippen LogP contribution < -0.4 is 10.6 Å². The molecule has 0 saturated carbocycles. The number of benzene rings is 1. The van der Waals surface area contributed by atoms with Gasteiger partial charge in [0.15, 0.2) is 5.96 Å². The molecule has 2 N–H and O–H groups in total. The number of nitrogens with one attached hydrogen (secondary N) is 2. The highest BCUT2D eigenvalue weighted by Crippen LogP contribution is 2.38. The van der Waals surface area contributed by atoms with Gasteiger partial charge in [-0.1, -0.05) is 26.0 Å². The number of anilines is 1. The number of nitrogens with zero attached hydrogens (tertiary/aromatic N) is 2. The number of rotatable bonds is 4. The summed E-state index contributed by atoms with van der Waals surface area (Å²) >= 11 is 0. The van der Waals surface area contributed by atoms with Crippen molar-refractivity contribution in [1.82, 2.24) is 10.2 Å². The van der Waals surface area contributed by atoms with Crippen LogP contribution in [0, 0.1) is 11.3 Å². The Morgan fingerprint density at radius 2 is 2.04 bits per heavy atom. The van der Waals surface area contributed by atoms with Crippen LogP contribution in [0.25, 0.3) is 0 Å². The number of amides is 1. The molecule has 3 rings (SSSR count). The standard InChI is InChI=1S/C20H30N4O2.HI/c1-15(2)18(25)23-17-6-4-16(5-7-17)12-22-19(21-3)24-10-8-20(13-24)9-11-26-14-20;/h4-7,15H,8-14H2,1-3H3,(H,21,22)(H,23,25);1H. The van der Waals surface area contributed by atoms with Gasteiger partial charge in [0.2, 0.25) is 5.91 Å². The van der Waals surface area contributed by atoms with E-state index in [4.69, 9.17) is 4.74 Å². The minimum atomic E-state index is -0.0197. The Labute approximate surface area is 179 Å². The van der Waals surface area contributed by atoms with Gasteiger partial charge in [-0.05, 0) is 30.5 Å². The van der Waals surface area contributed by atoms with Crippen molar-refractivity contribution < 1.29 is 9.53 Å². The summed E-state index contributed by atoms with van der Waals surface area (Å²) in [5.74, 6) is 0.967. The van der Waals surface area contributed by atoms with Gasteiger partial charge in [-0.3, -0.25) is 9.79 Å². The third-order valence-corrected chi connectivity index (χ3v) is 5.33. The van der Waals surface area contributed by atoms with E-state index in [-0.39, 0.29) is 35.8 Å². The molecule has 0 bridgehead atoms. The van der Waals surface area contributed by atoms with Gasteiger partial charge < -0.3 is 20.3 Å². The van der Waals surface area contributed by atoms with Crippen LogP contribution in [0.4, 0.5) is 5.69 Å². The molecule has 0 aromatic heterocycles. The monoisotopic (exact) mass is 486 g/mol. The highest BCUT2D eigenvalue weighted by molar-refractivity contribution is 14.0. The summed E-state index contributed by atoms with van der Waals surface area (Å²) in [5.41, 5.74) is 2.32. The fourth-order valence-corrected chi connectivity index (χ4v) is 3.59. The van der Waals surface area contributed by atoms with E-state index in [0.29, 0.717) is 12.0 Å². The highest BCUT2D eigenvalue weighted by atomic mass is 127. The molecule has 1 amide bonds. The summed E-state index contributed by atoms with van der Waals surface area (Å²) in [6, 6.07) is 7.96. The first-order chi connectivity index (χ1) is 12.5. The van der Waals surface area contributed by atoms with Crippen molar-refractivity contribution in [2.24, 2.45) is 16.3 Å².